The number of methoxy groups -OCH3 is 1. The number of halogens is 1. The van der Waals surface area contributed by atoms with Gasteiger partial charge in [0.1, 0.15) is 12.7 Å². The number of hydrogen-bond acceptors (Lipinski definition) is 4. The lowest BCUT2D eigenvalue weighted by atomic mass is 10.2. The molecule has 92 valence electrons. The van der Waals surface area contributed by atoms with E-state index in [2.05, 4.69) is 0 Å². The highest BCUT2D eigenvalue weighted by Gasteiger charge is 2.27. The van der Waals surface area contributed by atoms with Crippen molar-refractivity contribution in [2.75, 3.05) is 20.3 Å². The molecule has 1 aromatic carbocycles. The van der Waals surface area contributed by atoms with Crippen molar-refractivity contribution in [3.63, 3.8) is 0 Å². The van der Waals surface area contributed by atoms with Crippen LogP contribution in [0.1, 0.15) is 10.4 Å². The van der Waals surface area contributed by atoms with Gasteiger partial charge in [-0.25, -0.2) is 9.45 Å². The van der Waals surface area contributed by atoms with Crippen LogP contribution in [0, 0.1) is 5.82 Å². The Labute approximate surface area is 97.3 Å². The summed E-state index contributed by atoms with van der Waals surface area (Å²) in [5, 5.41) is 10.2. The zero-order valence-electron chi connectivity index (χ0n) is 9.22. The Hall–Kier alpha value is -1.66. The second kappa shape index (κ2) is 4.68. The van der Waals surface area contributed by atoms with E-state index in [1.165, 1.54) is 19.2 Å². The number of benzene rings is 1. The fraction of sp³-hybridized carbons (Fsp3) is 0.364. The minimum absolute atomic E-state index is 0.0731. The Morgan fingerprint density at radius 1 is 1.65 bits per heavy atom. The molecule has 0 bridgehead atoms. The lowest BCUT2D eigenvalue weighted by Gasteiger charge is -2.14. The van der Waals surface area contributed by atoms with Crippen molar-refractivity contribution >= 4 is 5.91 Å². The van der Waals surface area contributed by atoms with Gasteiger partial charge in [0.05, 0.1) is 13.7 Å². The number of amides is 1. The Balaban J connectivity index is 2.17. The van der Waals surface area contributed by atoms with Crippen molar-refractivity contribution < 1.29 is 23.9 Å². The molecule has 0 unspecified atom stereocenters. The number of ether oxygens (including phenoxy) is 1. The molecule has 1 fully saturated rings. The summed E-state index contributed by atoms with van der Waals surface area (Å²) in [5.74, 6) is -1.02. The summed E-state index contributed by atoms with van der Waals surface area (Å²) < 4.78 is 18.1. The van der Waals surface area contributed by atoms with Gasteiger partial charge < -0.3 is 9.84 Å². The molecular formula is C11H12FNO4. The average molecular weight is 241 g/mol. The fourth-order valence-electron chi connectivity index (χ4n) is 1.56. The molecule has 1 heterocycles. The Kier molecular flexibility index (Phi) is 3.26. The molecule has 0 aromatic heterocycles. The highest BCUT2D eigenvalue weighted by atomic mass is 19.1. The zero-order chi connectivity index (χ0) is 12.4. The molecule has 1 aliphatic heterocycles. The van der Waals surface area contributed by atoms with Gasteiger partial charge >= 0.3 is 0 Å². The first-order valence-electron chi connectivity index (χ1n) is 5.08. The number of carbonyl (C=O) groups excluding carboxylic acids is 1. The van der Waals surface area contributed by atoms with Crippen LogP contribution >= 0.6 is 0 Å². The quantitative estimate of drug-likeness (QED) is 0.823. The van der Waals surface area contributed by atoms with Crippen molar-refractivity contribution in [1.82, 2.24) is 5.06 Å². The molecule has 6 heteroatoms. The van der Waals surface area contributed by atoms with E-state index in [0.29, 0.717) is 0 Å². The molecular weight excluding hydrogens is 229 g/mol. The third kappa shape index (κ3) is 2.37. The van der Waals surface area contributed by atoms with Gasteiger partial charge in [-0.2, -0.15) is 0 Å². The monoisotopic (exact) mass is 241 g/mol. The number of carbonyl (C=O) groups is 1. The van der Waals surface area contributed by atoms with Crippen molar-refractivity contribution in [2.45, 2.75) is 6.10 Å². The molecule has 0 radical (unpaired) electrons. The Morgan fingerprint density at radius 2 is 2.41 bits per heavy atom. The molecule has 1 amide bonds. The number of nitrogens with zero attached hydrogens (tertiary/aromatic N) is 1. The maximum Gasteiger partial charge on any atom is 0.277 e. The average Bonchev–Trinajstić information content (AvgIpc) is 2.75. The third-order valence-electron chi connectivity index (χ3n) is 2.42. The maximum atomic E-state index is 13.4. The zero-order valence-corrected chi connectivity index (χ0v) is 9.22. The van der Waals surface area contributed by atoms with Crippen LogP contribution in [0.5, 0.6) is 5.75 Å². The van der Waals surface area contributed by atoms with Gasteiger partial charge in [-0.05, 0) is 18.2 Å². The Morgan fingerprint density at radius 3 is 2.94 bits per heavy atom. The first-order chi connectivity index (χ1) is 8.11. The van der Waals surface area contributed by atoms with Gasteiger partial charge in [0.25, 0.3) is 5.91 Å². The predicted molar refractivity (Wildman–Crippen MR) is 55.9 cm³/mol. The molecule has 17 heavy (non-hydrogen) atoms. The Bertz CT molecular complexity index is 437. The standard InChI is InChI=1S/C11H12FNO4/c1-16-10-3-2-7(4-9(10)12)11(15)13-5-8(14)6-17-13/h2-4,8,14H,5-6H2,1H3/t8-/m1/s1. The lowest BCUT2D eigenvalue weighted by molar-refractivity contribution is -0.0780. The van der Waals surface area contributed by atoms with E-state index in [9.17, 15) is 14.3 Å². The van der Waals surface area contributed by atoms with Gasteiger partial charge in [-0.15, -0.1) is 0 Å². The second-order valence-electron chi connectivity index (χ2n) is 3.67. The minimum atomic E-state index is -0.693. The van der Waals surface area contributed by atoms with Crippen molar-refractivity contribution in [3.05, 3.63) is 29.6 Å². The van der Waals surface area contributed by atoms with Gasteiger partial charge in [-0.1, -0.05) is 0 Å². The van der Waals surface area contributed by atoms with Gasteiger partial charge in [0, 0.05) is 5.56 Å². The van der Waals surface area contributed by atoms with E-state index in [0.717, 1.165) is 11.1 Å². The van der Waals surface area contributed by atoms with Gasteiger partial charge in [0.15, 0.2) is 11.6 Å². The van der Waals surface area contributed by atoms with Crippen LogP contribution in [0.25, 0.3) is 0 Å². The molecule has 1 aliphatic rings. The summed E-state index contributed by atoms with van der Waals surface area (Å²) in [4.78, 5) is 16.8. The highest BCUT2D eigenvalue weighted by molar-refractivity contribution is 5.93. The first-order valence-corrected chi connectivity index (χ1v) is 5.08. The molecule has 0 saturated carbocycles. The minimum Gasteiger partial charge on any atom is -0.494 e. The van der Waals surface area contributed by atoms with E-state index in [-0.39, 0.29) is 24.5 Å². The van der Waals surface area contributed by atoms with Crippen molar-refractivity contribution in [2.24, 2.45) is 0 Å². The van der Waals surface area contributed by atoms with Gasteiger partial charge in [0.2, 0.25) is 0 Å². The van der Waals surface area contributed by atoms with Crippen LogP contribution in [0.4, 0.5) is 4.39 Å². The van der Waals surface area contributed by atoms with Crippen LogP contribution in [-0.2, 0) is 4.84 Å². The SMILES string of the molecule is COc1ccc(C(=O)N2C[C@@H](O)CO2)cc1F. The molecule has 1 aromatic rings. The smallest absolute Gasteiger partial charge is 0.277 e. The topological polar surface area (TPSA) is 59.0 Å². The summed E-state index contributed by atoms with van der Waals surface area (Å²) in [5.41, 5.74) is 0.150. The van der Waals surface area contributed by atoms with Crippen LogP contribution in [0.3, 0.4) is 0 Å². The van der Waals surface area contributed by atoms with Crippen molar-refractivity contribution in [3.8, 4) is 5.75 Å². The van der Waals surface area contributed by atoms with E-state index < -0.39 is 17.8 Å². The number of hydrogen-bond donors (Lipinski definition) is 1. The van der Waals surface area contributed by atoms with E-state index in [1.807, 2.05) is 0 Å². The maximum absolute atomic E-state index is 13.4. The van der Waals surface area contributed by atoms with Crippen LogP contribution in [0.15, 0.2) is 18.2 Å². The number of rotatable bonds is 2. The molecule has 2 rings (SSSR count). The molecule has 0 spiro atoms. The first kappa shape index (κ1) is 11.8. The summed E-state index contributed by atoms with van der Waals surface area (Å²) in [6.07, 6.45) is -0.693. The number of β-amino-alcohol motifs (C(OH)–C–C–N with tert-alkyl or cyclic N) is 1. The molecule has 1 saturated heterocycles. The molecule has 5 nitrogen and oxygen atoms in total. The van der Waals surface area contributed by atoms with Crippen LogP contribution in [0.2, 0.25) is 0 Å². The molecule has 0 aliphatic carbocycles. The van der Waals surface area contributed by atoms with Gasteiger partial charge in [-0.3, -0.25) is 9.63 Å². The van der Waals surface area contributed by atoms with Crippen LogP contribution in [-0.4, -0.2) is 42.4 Å². The van der Waals surface area contributed by atoms with Crippen molar-refractivity contribution in [1.29, 1.82) is 0 Å². The second-order valence-corrected chi connectivity index (χ2v) is 3.67. The number of aliphatic hydroxyl groups excluding tert-OH is 1. The number of aliphatic hydroxyl groups is 1. The largest absolute Gasteiger partial charge is 0.494 e. The fourth-order valence-corrected chi connectivity index (χ4v) is 1.56. The molecule has 1 atom stereocenters. The summed E-state index contributed by atoms with van der Waals surface area (Å²) >= 11 is 0. The lowest BCUT2D eigenvalue weighted by Crippen LogP contribution is -2.28. The highest BCUT2D eigenvalue weighted by Crippen LogP contribution is 2.19. The van der Waals surface area contributed by atoms with E-state index >= 15 is 0 Å². The normalized spacial score (nSPS) is 19.5. The van der Waals surface area contributed by atoms with E-state index in [1.54, 1.807) is 0 Å². The summed E-state index contributed by atoms with van der Waals surface area (Å²) in [7, 11) is 1.35. The molecule has 1 N–H and O–H groups in total. The number of hydroxylamine groups is 2. The predicted octanol–water partition coefficient (Wildman–Crippen LogP) is 0.583. The summed E-state index contributed by atoms with van der Waals surface area (Å²) in [6, 6.07) is 3.89. The van der Waals surface area contributed by atoms with E-state index in [4.69, 9.17) is 9.57 Å². The third-order valence-corrected chi connectivity index (χ3v) is 2.42. The summed E-state index contributed by atoms with van der Waals surface area (Å²) in [6.45, 7) is 0.164. The van der Waals surface area contributed by atoms with Crippen LogP contribution < -0.4 is 4.74 Å².